The molecule has 4 aromatic carbocycles. The largest absolute Gasteiger partial charge is 0.489 e. The fourth-order valence-corrected chi connectivity index (χ4v) is 4.05. The summed E-state index contributed by atoms with van der Waals surface area (Å²) in [6.07, 6.45) is 0. The number of oxazole rings is 1. The Labute approximate surface area is 224 Å². The lowest BCUT2D eigenvalue weighted by Crippen LogP contribution is -2.34. The maximum atomic E-state index is 12.8. The Morgan fingerprint density at radius 1 is 1.00 bits per heavy atom. The lowest BCUT2D eigenvalue weighted by Gasteiger charge is -2.11. The molecule has 0 aliphatic rings. The van der Waals surface area contributed by atoms with Crippen LogP contribution >= 0.6 is 23.8 Å². The lowest BCUT2D eigenvalue weighted by atomic mass is 10.1. The van der Waals surface area contributed by atoms with Crippen molar-refractivity contribution in [1.82, 2.24) is 10.3 Å². The third kappa shape index (κ3) is 5.97. The molecular formula is C29H22ClN3O3S. The number of halogens is 1. The van der Waals surface area contributed by atoms with E-state index in [0.717, 1.165) is 16.7 Å². The fraction of sp³-hybridized carbons (Fsp3) is 0.0690. The highest BCUT2D eigenvalue weighted by atomic mass is 35.5. The number of rotatable bonds is 6. The minimum Gasteiger partial charge on any atom is -0.489 e. The third-order valence-electron chi connectivity index (χ3n) is 5.64. The average molecular weight is 528 g/mol. The summed E-state index contributed by atoms with van der Waals surface area (Å²) >= 11 is 11.6. The van der Waals surface area contributed by atoms with E-state index in [0.29, 0.717) is 45.6 Å². The second-order valence-corrected chi connectivity index (χ2v) is 9.19. The molecule has 2 N–H and O–H groups in total. The summed E-state index contributed by atoms with van der Waals surface area (Å²) in [6, 6.07) is 27.8. The van der Waals surface area contributed by atoms with E-state index in [-0.39, 0.29) is 11.0 Å². The van der Waals surface area contributed by atoms with Crippen LogP contribution in [-0.2, 0) is 6.61 Å². The standard InChI is InChI=1S/C29H22ClN3O3S/c1-18-10-11-21(15-24(18)30)28-32-25-16-22(12-13-26(25)36-28)31-29(37)33-27(34)20-8-5-9-23(14-20)35-17-19-6-3-2-4-7-19/h2-16H,17H2,1H3,(H2,31,33,34,37). The highest BCUT2D eigenvalue weighted by molar-refractivity contribution is 7.80. The van der Waals surface area contributed by atoms with Crippen LogP contribution in [0.15, 0.2) is 95.4 Å². The zero-order chi connectivity index (χ0) is 25.8. The van der Waals surface area contributed by atoms with Gasteiger partial charge in [0.05, 0.1) is 0 Å². The highest BCUT2D eigenvalue weighted by Gasteiger charge is 2.12. The van der Waals surface area contributed by atoms with Gasteiger partial charge in [0.15, 0.2) is 10.7 Å². The molecule has 0 atom stereocenters. The van der Waals surface area contributed by atoms with Crippen LogP contribution in [0.4, 0.5) is 5.69 Å². The van der Waals surface area contributed by atoms with Crippen molar-refractivity contribution >= 4 is 51.6 Å². The number of aryl methyl sites for hydroxylation is 1. The van der Waals surface area contributed by atoms with E-state index in [1.165, 1.54) is 0 Å². The van der Waals surface area contributed by atoms with Crippen LogP contribution < -0.4 is 15.4 Å². The Hall–Kier alpha value is -4.20. The normalized spacial score (nSPS) is 10.8. The Balaban J connectivity index is 1.22. The summed E-state index contributed by atoms with van der Waals surface area (Å²) in [7, 11) is 0. The van der Waals surface area contributed by atoms with Gasteiger partial charge >= 0.3 is 0 Å². The molecule has 1 amide bonds. The van der Waals surface area contributed by atoms with Gasteiger partial charge in [-0.2, -0.15) is 0 Å². The van der Waals surface area contributed by atoms with Crippen LogP contribution in [0.1, 0.15) is 21.5 Å². The van der Waals surface area contributed by atoms with Gasteiger partial charge in [-0.3, -0.25) is 10.1 Å². The van der Waals surface area contributed by atoms with Crippen molar-refractivity contribution in [2.24, 2.45) is 0 Å². The molecule has 0 spiro atoms. The first-order valence-electron chi connectivity index (χ1n) is 11.5. The number of thiocarbonyl (C=S) groups is 1. The number of nitrogens with one attached hydrogen (secondary N) is 2. The van der Waals surface area contributed by atoms with E-state index in [9.17, 15) is 4.79 Å². The van der Waals surface area contributed by atoms with E-state index in [1.54, 1.807) is 36.4 Å². The van der Waals surface area contributed by atoms with Crippen LogP contribution in [0.2, 0.25) is 5.02 Å². The average Bonchev–Trinajstić information content (AvgIpc) is 3.33. The van der Waals surface area contributed by atoms with Gasteiger partial charge in [-0.05, 0) is 78.8 Å². The van der Waals surface area contributed by atoms with E-state index in [1.807, 2.05) is 61.5 Å². The van der Waals surface area contributed by atoms with Crippen molar-refractivity contribution in [3.8, 4) is 17.2 Å². The Kier molecular flexibility index (Phi) is 7.16. The maximum Gasteiger partial charge on any atom is 0.257 e. The molecule has 5 rings (SSSR count). The second-order valence-electron chi connectivity index (χ2n) is 8.38. The van der Waals surface area contributed by atoms with Crippen molar-refractivity contribution in [2.75, 3.05) is 5.32 Å². The number of amides is 1. The first kappa shape index (κ1) is 24.5. The third-order valence-corrected chi connectivity index (χ3v) is 6.25. The zero-order valence-corrected chi connectivity index (χ0v) is 21.4. The summed E-state index contributed by atoms with van der Waals surface area (Å²) in [6.45, 7) is 2.35. The molecule has 184 valence electrons. The van der Waals surface area contributed by atoms with Gasteiger partial charge in [-0.25, -0.2) is 4.98 Å². The topological polar surface area (TPSA) is 76.4 Å². The Morgan fingerprint density at radius 2 is 1.84 bits per heavy atom. The molecule has 0 saturated heterocycles. The quantitative estimate of drug-likeness (QED) is 0.228. The first-order valence-corrected chi connectivity index (χ1v) is 12.3. The van der Waals surface area contributed by atoms with Gasteiger partial charge in [0.1, 0.15) is 17.9 Å². The van der Waals surface area contributed by atoms with E-state index >= 15 is 0 Å². The number of benzene rings is 4. The van der Waals surface area contributed by atoms with Crippen LogP contribution in [0.5, 0.6) is 5.75 Å². The van der Waals surface area contributed by atoms with E-state index in [4.69, 9.17) is 33.0 Å². The number of carbonyl (C=O) groups is 1. The van der Waals surface area contributed by atoms with Crippen molar-refractivity contribution in [2.45, 2.75) is 13.5 Å². The molecule has 0 aliphatic heterocycles. The van der Waals surface area contributed by atoms with Gasteiger partial charge < -0.3 is 14.5 Å². The Morgan fingerprint density at radius 3 is 2.65 bits per heavy atom. The number of aromatic nitrogens is 1. The molecule has 0 bridgehead atoms. The second kappa shape index (κ2) is 10.8. The van der Waals surface area contributed by atoms with Crippen LogP contribution in [0, 0.1) is 6.92 Å². The van der Waals surface area contributed by atoms with Gasteiger partial charge in [-0.1, -0.05) is 54.1 Å². The molecule has 5 aromatic rings. The molecule has 0 radical (unpaired) electrons. The SMILES string of the molecule is Cc1ccc(-c2nc3cc(NC(=S)NC(=O)c4cccc(OCc5ccccc5)c4)ccc3o2)cc1Cl. The van der Waals surface area contributed by atoms with Gasteiger partial charge in [0.25, 0.3) is 5.91 Å². The van der Waals surface area contributed by atoms with Gasteiger partial charge in [0, 0.05) is 21.8 Å². The molecule has 1 aromatic heterocycles. The molecule has 8 heteroatoms. The molecule has 6 nitrogen and oxygen atoms in total. The summed E-state index contributed by atoms with van der Waals surface area (Å²) in [5, 5.41) is 6.54. The highest BCUT2D eigenvalue weighted by Crippen LogP contribution is 2.29. The number of carbonyl (C=O) groups excluding carboxylic acids is 1. The summed E-state index contributed by atoms with van der Waals surface area (Å²) in [4.78, 5) is 17.3. The monoisotopic (exact) mass is 527 g/mol. The number of fused-ring (bicyclic) bond motifs is 1. The maximum absolute atomic E-state index is 12.8. The Bertz CT molecular complexity index is 1600. The summed E-state index contributed by atoms with van der Waals surface area (Å²) < 4.78 is 11.7. The van der Waals surface area contributed by atoms with Crippen molar-refractivity contribution < 1.29 is 13.9 Å². The predicted octanol–water partition coefficient (Wildman–Crippen LogP) is 7.16. The van der Waals surface area contributed by atoms with E-state index < -0.39 is 0 Å². The number of hydrogen-bond donors (Lipinski definition) is 2. The molecule has 0 fully saturated rings. The molecule has 1 heterocycles. The van der Waals surface area contributed by atoms with E-state index in [2.05, 4.69) is 15.6 Å². The van der Waals surface area contributed by atoms with Crippen molar-refractivity contribution in [1.29, 1.82) is 0 Å². The molecule has 0 unspecified atom stereocenters. The lowest BCUT2D eigenvalue weighted by molar-refractivity contribution is 0.0977. The molecular weight excluding hydrogens is 506 g/mol. The van der Waals surface area contributed by atoms with Crippen LogP contribution in [-0.4, -0.2) is 16.0 Å². The van der Waals surface area contributed by atoms with Gasteiger partial charge in [0.2, 0.25) is 5.89 Å². The zero-order valence-electron chi connectivity index (χ0n) is 19.8. The summed E-state index contributed by atoms with van der Waals surface area (Å²) in [5.41, 5.74) is 5.19. The fourth-order valence-electron chi connectivity index (χ4n) is 3.66. The van der Waals surface area contributed by atoms with Crippen LogP contribution in [0.3, 0.4) is 0 Å². The minimum atomic E-state index is -0.344. The summed E-state index contributed by atoms with van der Waals surface area (Å²) in [5.74, 6) is 0.723. The molecule has 0 saturated carbocycles. The van der Waals surface area contributed by atoms with Crippen LogP contribution in [0.25, 0.3) is 22.6 Å². The molecule has 37 heavy (non-hydrogen) atoms. The first-order chi connectivity index (χ1) is 17.9. The van der Waals surface area contributed by atoms with Gasteiger partial charge in [-0.15, -0.1) is 0 Å². The van der Waals surface area contributed by atoms with Crippen molar-refractivity contribution in [3.63, 3.8) is 0 Å². The number of nitrogens with zero attached hydrogens (tertiary/aromatic N) is 1. The van der Waals surface area contributed by atoms with Crippen molar-refractivity contribution in [3.05, 3.63) is 113 Å². The predicted molar refractivity (Wildman–Crippen MR) is 150 cm³/mol. The smallest absolute Gasteiger partial charge is 0.257 e. The number of anilines is 1. The molecule has 0 aliphatic carbocycles. The number of hydrogen-bond acceptors (Lipinski definition) is 5. The number of ether oxygens (including phenoxy) is 1. The minimum absolute atomic E-state index is 0.161.